The molecule has 2 heterocycles. The van der Waals surface area contributed by atoms with Crippen LogP contribution in [-0.2, 0) is 9.53 Å². The van der Waals surface area contributed by atoms with Gasteiger partial charge in [-0.2, -0.15) is 0 Å². The highest BCUT2D eigenvalue weighted by Crippen LogP contribution is 2.23. The zero-order valence-corrected chi connectivity index (χ0v) is 8.53. The van der Waals surface area contributed by atoms with Crippen molar-refractivity contribution < 1.29 is 14.6 Å². The molecule has 0 spiro atoms. The molecular formula is C10H17NO3. The van der Waals surface area contributed by atoms with E-state index < -0.39 is 5.60 Å². The number of ether oxygens (including phenoxy) is 1. The Morgan fingerprint density at radius 2 is 2.43 bits per heavy atom. The first-order valence-corrected chi connectivity index (χ1v) is 5.21. The van der Waals surface area contributed by atoms with Crippen molar-refractivity contribution in [1.82, 2.24) is 4.90 Å². The minimum Gasteiger partial charge on any atom is -0.388 e. The Bertz CT molecular complexity index is 234. The molecule has 2 rings (SSSR count). The van der Waals surface area contributed by atoms with E-state index in [1.807, 2.05) is 0 Å². The van der Waals surface area contributed by atoms with Crippen LogP contribution in [0.4, 0.5) is 0 Å². The van der Waals surface area contributed by atoms with E-state index in [2.05, 4.69) is 0 Å². The average molecular weight is 199 g/mol. The van der Waals surface area contributed by atoms with Crippen LogP contribution in [0.1, 0.15) is 26.2 Å². The Kier molecular flexibility index (Phi) is 2.49. The molecule has 2 aliphatic heterocycles. The van der Waals surface area contributed by atoms with Crippen LogP contribution < -0.4 is 0 Å². The molecule has 0 aromatic rings. The fraction of sp³-hybridized carbons (Fsp3) is 0.900. The van der Waals surface area contributed by atoms with Crippen LogP contribution in [0, 0.1) is 0 Å². The van der Waals surface area contributed by atoms with Gasteiger partial charge in [0.25, 0.3) is 5.91 Å². The lowest BCUT2D eigenvalue weighted by molar-refractivity contribution is -0.140. The molecule has 80 valence electrons. The maximum atomic E-state index is 11.8. The van der Waals surface area contributed by atoms with E-state index in [1.54, 1.807) is 11.8 Å². The quantitative estimate of drug-likeness (QED) is 0.654. The zero-order chi connectivity index (χ0) is 10.2. The Morgan fingerprint density at radius 3 is 2.93 bits per heavy atom. The van der Waals surface area contributed by atoms with Gasteiger partial charge in [0, 0.05) is 19.7 Å². The van der Waals surface area contributed by atoms with Gasteiger partial charge in [0.1, 0.15) is 6.10 Å². The summed E-state index contributed by atoms with van der Waals surface area (Å²) >= 11 is 0. The van der Waals surface area contributed by atoms with Crippen molar-refractivity contribution in [3.05, 3.63) is 0 Å². The maximum absolute atomic E-state index is 11.8. The number of hydrogen-bond acceptors (Lipinski definition) is 3. The average Bonchev–Trinajstić information content (AvgIpc) is 2.72. The van der Waals surface area contributed by atoms with E-state index in [0.717, 1.165) is 12.8 Å². The predicted molar refractivity (Wildman–Crippen MR) is 50.8 cm³/mol. The lowest BCUT2D eigenvalue weighted by atomic mass is 10.1. The maximum Gasteiger partial charge on any atom is 0.251 e. The standard InChI is InChI=1S/C10H17NO3/c1-10(13)4-5-11(7-10)9(12)8-3-2-6-14-8/h8,13H,2-7H2,1H3/t8-,10?/m1/s1. The largest absolute Gasteiger partial charge is 0.388 e. The van der Waals surface area contributed by atoms with Gasteiger partial charge in [-0.25, -0.2) is 0 Å². The fourth-order valence-corrected chi connectivity index (χ4v) is 2.11. The number of rotatable bonds is 1. The number of likely N-dealkylation sites (tertiary alicyclic amines) is 1. The minimum atomic E-state index is -0.700. The fourth-order valence-electron chi connectivity index (χ4n) is 2.11. The van der Waals surface area contributed by atoms with Gasteiger partial charge >= 0.3 is 0 Å². The molecule has 0 bridgehead atoms. The molecule has 2 aliphatic rings. The first-order valence-electron chi connectivity index (χ1n) is 5.21. The molecule has 0 aromatic heterocycles. The molecule has 0 saturated carbocycles. The third kappa shape index (κ3) is 1.91. The first-order chi connectivity index (χ1) is 6.58. The molecule has 0 aliphatic carbocycles. The van der Waals surface area contributed by atoms with Crippen LogP contribution in [0.3, 0.4) is 0 Å². The van der Waals surface area contributed by atoms with Crippen molar-refractivity contribution in [2.75, 3.05) is 19.7 Å². The molecule has 0 aromatic carbocycles. The topological polar surface area (TPSA) is 49.8 Å². The van der Waals surface area contributed by atoms with Crippen LogP contribution in [0.5, 0.6) is 0 Å². The van der Waals surface area contributed by atoms with Gasteiger partial charge in [0.2, 0.25) is 0 Å². The van der Waals surface area contributed by atoms with Gasteiger partial charge in [-0.1, -0.05) is 0 Å². The molecule has 2 atom stereocenters. The summed E-state index contributed by atoms with van der Waals surface area (Å²) in [4.78, 5) is 13.5. The van der Waals surface area contributed by atoms with Gasteiger partial charge in [0.05, 0.1) is 5.60 Å². The third-order valence-corrected chi connectivity index (χ3v) is 2.97. The minimum absolute atomic E-state index is 0.0558. The summed E-state index contributed by atoms with van der Waals surface area (Å²) in [7, 11) is 0. The van der Waals surface area contributed by atoms with E-state index in [9.17, 15) is 9.90 Å². The van der Waals surface area contributed by atoms with E-state index >= 15 is 0 Å². The van der Waals surface area contributed by atoms with E-state index in [0.29, 0.717) is 26.1 Å². The highest BCUT2D eigenvalue weighted by atomic mass is 16.5. The van der Waals surface area contributed by atoms with Crippen LogP contribution >= 0.6 is 0 Å². The summed E-state index contributed by atoms with van der Waals surface area (Å²) in [5.41, 5.74) is -0.700. The summed E-state index contributed by atoms with van der Waals surface area (Å²) in [6.45, 7) is 3.58. The normalized spacial score (nSPS) is 37.9. The molecular weight excluding hydrogens is 182 g/mol. The van der Waals surface area contributed by atoms with Crippen LogP contribution in [-0.4, -0.2) is 47.3 Å². The number of carbonyl (C=O) groups is 1. The molecule has 1 N–H and O–H groups in total. The second-order valence-corrected chi connectivity index (χ2v) is 4.51. The summed E-state index contributed by atoms with van der Waals surface area (Å²) in [6.07, 6.45) is 2.23. The van der Waals surface area contributed by atoms with Crippen molar-refractivity contribution in [1.29, 1.82) is 0 Å². The van der Waals surface area contributed by atoms with Crippen molar-refractivity contribution in [2.24, 2.45) is 0 Å². The summed E-state index contributed by atoms with van der Waals surface area (Å²) in [5.74, 6) is 0.0558. The number of amides is 1. The van der Waals surface area contributed by atoms with E-state index in [1.165, 1.54) is 0 Å². The van der Waals surface area contributed by atoms with Gasteiger partial charge in [-0.15, -0.1) is 0 Å². The zero-order valence-electron chi connectivity index (χ0n) is 8.53. The number of aliphatic hydroxyl groups is 1. The molecule has 1 amide bonds. The lowest BCUT2D eigenvalue weighted by Crippen LogP contribution is -2.39. The van der Waals surface area contributed by atoms with Gasteiger partial charge in [-0.3, -0.25) is 4.79 Å². The molecule has 2 fully saturated rings. The third-order valence-electron chi connectivity index (χ3n) is 2.97. The molecule has 1 unspecified atom stereocenters. The SMILES string of the molecule is CC1(O)CCN(C(=O)[C@H]2CCCO2)C1. The second kappa shape index (κ2) is 3.51. The Labute approximate surface area is 83.8 Å². The van der Waals surface area contributed by atoms with E-state index in [-0.39, 0.29) is 12.0 Å². The summed E-state index contributed by atoms with van der Waals surface area (Å²) in [6, 6.07) is 0. The van der Waals surface area contributed by atoms with Gasteiger partial charge in [-0.05, 0) is 26.2 Å². The highest BCUT2D eigenvalue weighted by molar-refractivity contribution is 5.81. The second-order valence-electron chi connectivity index (χ2n) is 4.51. The molecule has 4 heteroatoms. The summed E-state index contributed by atoms with van der Waals surface area (Å²) < 4.78 is 5.32. The van der Waals surface area contributed by atoms with Crippen LogP contribution in [0.25, 0.3) is 0 Å². The molecule has 0 radical (unpaired) electrons. The van der Waals surface area contributed by atoms with Gasteiger partial charge in [0.15, 0.2) is 0 Å². The number of carbonyl (C=O) groups excluding carboxylic acids is 1. The van der Waals surface area contributed by atoms with E-state index in [4.69, 9.17) is 4.74 Å². The number of hydrogen-bond donors (Lipinski definition) is 1. The molecule has 14 heavy (non-hydrogen) atoms. The Hall–Kier alpha value is -0.610. The summed E-state index contributed by atoms with van der Waals surface area (Å²) in [5, 5.41) is 9.72. The van der Waals surface area contributed by atoms with Crippen molar-refractivity contribution >= 4 is 5.91 Å². The van der Waals surface area contributed by atoms with Crippen molar-refractivity contribution in [2.45, 2.75) is 37.9 Å². The van der Waals surface area contributed by atoms with Crippen molar-refractivity contribution in [3.63, 3.8) is 0 Å². The number of nitrogens with zero attached hydrogens (tertiary/aromatic N) is 1. The first kappa shape index (κ1) is 9.93. The highest BCUT2D eigenvalue weighted by Gasteiger charge is 2.37. The van der Waals surface area contributed by atoms with Crippen molar-refractivity contribution in [3.8, 4) is 0 Å². The molecule has 4 nitrogen and oxygen atoms in total. The number of β-amino-alcohol motifs (C(OH)–C–C–N with tert-alkyl or cyclic N) is 1. The predicted octanol–water partition coefficient (Wildman–Crippen LogP) is 0.149. The Balaban J connectivity index is 1.92. The Morgan fingerprint density at radius 1 is 1.64 bits per heavy atom. The molecule has 2 saturated heterocycles. The van der Waals surface area contributed by atoms with Crippen LogP contribution in [0.2, 0.25) is 0 Å². The van der Waals surface area contributed by atoms with Crippen LogP contribution in [0.15, 0.2) is 0 Å². The lowest BCUT2D eigenvalue weighted by Gasteiger charge is -2.21. The van der Waals surface area contributed by atoms with Gasteiger partial charge < -0.3 is 14.7 Å². The smallest absolute Gasteiger partial charge is 0.251 e. The monoisotopic (exact) mass is 199 g/mol.